The van der Waals surface area contributed by atoms with E-state index >= 15 is 0 Å². The molecule has 0 atom stereocenters. The summed E-state index contributed by atoms with van der Waals surface area (Å²) in [5, 5.41) is 0. The summed E-state index contributed by atoms with van der Waals surface area (Å²) < 4.78 is 15.2. The summed E-state index contributed by atoms with van der Waals surface area (Å²) >= 11 is 0. The van der Waals surface area contributed by atoms with Crippen LogP contribution in [0.15, 0.2) is 0 Å². The van der Waals surface area contributed by atoms with Gasteiger partial charge in [-0.3, -0.25) is 0 Å². The molecule has 6 heteroatoms. The molecule has 2 aliphatic rings. The summed E-state index contributed by atoms with van der Waals surface area (Å²) in [5.41, 5.74) is -0.399. The van der Waals surface area contributed by atoms with Crippen LogP contribution in [0.2, 0.25) is 38.3 Å². The van der Waals surface area contributed by atoms with E-state index in [2.05, 4.69) is 58.1 Å². The van der Waals surface area contributed by atoms with Gasteiger partial charge in [0, 0.05) is 6.44 Å². The molecule has 110 valence electrons. The number of hydrogen-bond donors (Lipinski definition) is 0. The van der Waals surface area contributed by atoms with Crippen LogP contribution in [0.25, 0.3) is 0 Å². The second kappa shape index (κ2) is 4.43. The first kappa shape index (κ1) is 15.8. The quantitative estimate of drug-likeness (QED) is 0.730. The molecule has 0 aromatic heterocycles. The van der Waals surface area contributed by atoms with Crippen LogP contribution in [0.5, 0.6) is 0 Å². The number of hydrogen-bond acceptors (Lipinski definition) is 3. The van der Waals surface area contributed by atoms with Crippen LogP contribution in [0.4, 0.5) is 0 Å². The molecule has 2 aliphatic heterocycles. The molecule has 2 heterocycles. The number of nitrogens with zero attached hydrogens (tertiary/aromatic N) is 1. The fourth-order valence-electron chi connectivity index (χ4n) is 3.38. The van der Waals surface area contributed by atoms with Crippen molar-refractivity contribution in [2.24, 2.45) is 0 Å². The SMILES string of the molecule is CC1(C)OB(CN2[Si](C)(C)CC[Si]2(C)C)OC1(C)C. The molecular weight excluding hydrogens is 269 g/mol. The van der Waals surface area contributed by atoms with E-state index in [0.29, 0.717) is 0 Å². The highest BCUT2D eigenvalue weighted by atomic mass is 28.4. The van der Waals surface area contributed by atoms with E-state index in [9.17, 15) is 0 Å². The predicted molar refractivity (Wildman–Crippen MR) is 87.4 cm³/mol. The summed E-state index contributed by atoms with van der Waals surface area (Å²) in [5.74, 6) is 0. The second-order valence-corrected chi connectivity index (χ2v) is 18.2. The molecule has 2 fully saturated rings. The average Bonchev–Trinajstić information content (AvgIpc) is 2.52. The van der Waals surface area contributed by atoms with Crippen LogP contribution < -0.4 is 0 Å². The Bertz CT molecular complexity index is 340. The van der Waals surface area contributed by atoms with Gasteiger partial charge >= 0.3 is 7.12 Å². The van der Waals surface area contributed by atoms with Crippen molar-refractivity contribution in [3.8, 4) is 0 Å². The first-order valence-corrected chi connectivity index (χ1v) is 13.8. The van der Waals surface area contributed by atoms with Crippen LogP contribution in [0.3, 0.4) is 0 Å². The molecular formula is C13H30BNO2Si2. The summed E-state index contributed by atoms with van der Waals surface area (Å²) in [7, 11) is -2.51. The molecule has 0 aromatic rings. The Hall–Kier alpha value is 0.379. The highest BCUT2D eigenvalue weighted by Crippen LogP contribution is 2.40. The van der Waals surface area contributed by atoms with Crippen LogP contribution >= 0.6 is 0 Å². The van der Waals surface area contributed by atoms with E-state index < -0.39 is 16.5 Å². The molecule has 19 heavy (non-hydrogen) atoms. The van der Waals surface area contributed by atoms with Crippen molar-refractivity contribution in [1.29, 1.82) is 0 Å². The largest absolute Gasteiger partial charge is 0.471 e. The molecule has 0 radical (unpaired) electrons. The van der Waals surface area contributed by atoms with Crippen molar-refractivity contribution in [3.63, 3.8) is 0 Å². The second-order valence-electron chi connectivity index (χ2n) is 8.42. The molecule has 0 N–H and O–H groups in total. The van der Waals surface area contributed by atoms with E-state index in [1.54, 1.807) is 0 Å². The van der Waals surface area contributed by atoms with Crippen molar-refractivity contribution in [3.05, 3.63) is 0 Å². The Morgan fingerprint density at radius 2 is 1.26 bits per heavy atom. The lowest BCUT2D eigenvalue weighted by atomic mass is 9.90. The third-order valence-corrected chi connectivity index (χ3v) is 15.8. The molecule has 0 bridgehead atoms. The zero-order valence-corrected chi connectivity index (χ0v) is 16.0. The summed E-state index contributed by atoms with van der Waals surface area (Å²) in [6, 6.07) is 2.87. The molecule has 3 nitrogen and oxygen atoms in total. The first-order valence-electron chi connectivity index (χ1n) is 7.51. The Balaban J connectivity index is 2.11. The molecule has 0 unspecified atom stereocenters. The Labute approximate surface area is 121 Å². The normalized spacial score (nSPS) is 31.9. The Morgan fingerprint density at radius 1 is 0.895 bits per heavy atom. The Kier molecular flexibility index (Phi) is 3.68. The minimum atomic E-state index is -1.23. The van der Waals surface area contributed by atoms with E-state index in [1.165, 1.54) is 12.1 Å². The van der Waals surface area contributed by atoms with Crippen LogP contribution in [-0.4, -0.2) is 45.5 Å². The summed E-state index contributed by atoms with van der Waals surface area (Å²) in [4.78, 5) is 0. The zero-order chi connectivity index (χ0) is 14.7. The minimum absolute atomic E-state index is 0.0540. The van der Waals surface area contributed by atoms with Gasteiger partial charge in [0.15, 0.2) is 0 Å². The molecule has 0 aliphatic carbocycles. The third-order valence-electron chi connectivity index (χ3n) is 5.44. The Morgan fingerprint density at radius 3 is 1.63 bits per heavy atom. The first-order chi connectivity index (χ1) is 8.37. The van der Waals surface area contributed by atoms with Crippen molar-refractivity contribution in [2.75, 3.05) is 6.44 Å². The number of rotatable bonds is 2. The summed E-state index contributed by atoms with van der Waals surface area (Å²) in [6.07, 6.45) is 0.977. The lowest BCUT2D eigenvalue weighted by Gasteiger charge is -2.39. The molecule has 0 amide bonds. The van der Waals surface area contributed by atoms with Crippen molar-refractivity contribution in [1.82, 2.24) is 4.23 Å². The molecule has 0 saturated carbocycles. The van der Waals surface area contributed by atoms with Crippen molar-refractivity contribution < 1.29 is 9.31 Å². The van der Waals surface area contributed by atoms with Gasteiger partial charge in [-0.25, -0.2) is 0 Å². The topological polar surface area (TPSA) is 21.7 Å². The van der Waals surface area contributed by atoms with Gasteiger partial charge in [0.2, 0.25) is 0 Å². The summed E-state index contributed by atoms with van der Waals surface area (Å²) in [6.45, 7) is 18.6. The van der Waals surface area contributed by atoms with Crippen LogP contribution in [-0.2, 0) is 9.31 Å². The van der Waals surface area contributed by atoms with Gasteiger partial charge in [0.25, 0.3) is 0 Å². The van der Waals surface area contributed by atoms with Gasteiger partial charge in [0.1, 0.15) is 16.5 Å². The molecule has 0 aromatic carbocycles. The smallest absolute Gasteiger partial charge is 0.402 e. The van der Waals surface area contributed by atoms with Gasteiger partial charge in [-0.05, 0) is 39.8 Å². The zero-order valence-electron chi connectivity index (χ0n) is 14.0. The maximum Gasteiger partial charge on any atom is 0.471 e. The van der Waals surface area contributed by atoms with E-state index in [1.807, 2.05) is 0 Å². The van der Waals surface area contributed by atoms with Crippen LogP contribution in [0.1, 0.15) is 27.7 Å². The highest BCUT2D eigenvalue weighted by molar-refractivity contribution is 6.95. The van der Waals surface area contributed by atoms with E-state index in [4.69, 9.17) is 9.31 Å². The van der Waals surface area contributed by atoms with E-state index in [-0.39, 0.29) is 18.3 Å². The fraction of sp³-hybridized carbons (Fsp3) is 1.00. The average molecular weight is 299 g/mol. The van der Waals surface area contributed by atoms with Crippen LogP contribution in [0, 0.1) is 0 Å². The van der Waals surface area contributed by atoms with Crippen molar-refractivity contribution in [2.45, 2.75) is 77.2 Å². The molecule has 0 spiro atoms. The maximum absolute atomic E-state index is 6.19. The predicted octanol–water partition coefficient (Wildman–Crippen LogP) is 3.34. The van der Waals surface area contributed by atoms with Gasteiger partial charge in [-0.15, -0.1) is 0 Å². The standard InChI is InChI=1S/C13H30BNO2Si2/c1-12(2)13(3,4)17-14(16-12)11-15-18(5,6)9-10-19(15,7)8/h9-11H2,1-8H3. The van der Waals surface area contributed by atoms with Gasteiger partial charge in [-0.1, -0.05) is 26.2 Å². The van der Waals surface area contributed by atoms with Crippen molar-refractivity contribution >= 4 is 23.6 Å². The molecule has 2 rings (SSSR count). The maximum atomic E-state index is 6.19. The highest BCUT2D eigenvalue weighted by Gasteiger charge is 2.55. The van der Waals surface area contributed by atoms with Gasteiger partial charge < -0.3 is 13.5 Å². The van der Waals surface area contributed by atoms with Gasteiger partial charge in [-0.2, -0.15) is 0 Å². The minimum Gasteiger partial charge on any atom is -0.402 e. The van der Waals surface area contributed by atoms with Gasteiger partial charge in [0.05, 0.1) is 11.2 Å². The molecule has 2 saturated heterocycles. The monoisotopic (exact) mass is 299 g/mol. The lowest BCUT2D eigenvalue weighted by Crippen LogP contribution is -2.58. The van der Waals surface area contributed by atoms with E-state index in [0.717, 1.165) is 6.44 Å². The lowest BCUT2D eigenvalue weighted by molar-refractivity contribution is 0.00578. The fourth-order valence-corrected chi connectivity index (χ4v) is 17.3. The third kappa shape index (κ3) is 2.75.